The van der Waals surface area contributed by atoms with Crippen LogP contribution in [0.4, 0.5) is 17.3 Å². The molecule has 1 atom stereocenters. The van der Waals surface area contributed by atoms with Crippen molar-refractivity contribution in [3.05, 3.63) is 29.6 Å². The van der Waals surface area contributed by atoms with Gasteiger partial charge in [-0.25, -0.2) is 0 Å². The second kappa shape index (κ2) is 7.36. The normalized spacial score (nSPS) is 18.9. The molecule has 0 aromatic carbocycles. The maximum absolute atomic E-state index is 12.1. The first kappa shape index (κ1) is 17.5. The van der Waals surface area contributed by atoms with Gasteiger partial charge in [-0.15, -0.1) is 0 Å². The molecular formula is C18H22N6O3. The van der Waals surface area contributed by atoms with Gasteiger partial charge in [-0.05, 0) is 25.0 Å². The summed E-state index contributed by atoms with van der Waals surface area (Å²) in [6.07, 6.45) is 2.76. The van der Waals surface area contributed by atoms with Gasteiger partial charge in [0, 0.05) is 31.0 Å². The van der Waals surface area contributed by atoms with Crippen LogP contribution in [0.2, 0.25) is 0 Å². The molecule has 2 aliphatic rings. The Kier molecular flexibility index (Phi) is 4.76. The number of nitrogens with two attached hydrogens (primary N) is 1. The average molecular weight is 370 g/mol. The summed E-state index contributed by atoms with van der Waals surface area (Å²) in [6, 6.07) is 4.13. The number of pyridine rings is 1. The second-order valence-electron chi connectivity index (χ2n) is 6.84. The molecule has 0 bridgehead atoms. The molecule has 4 heterocycles. The summed E-state index contributed by atoms with van der Waals surface area (Å²) in [4.78, 5) is 26.9. The van der Waals surface area contributed by atoms with Crippen molar-refractivity contribution >= 4 is 23.2 Å². The Bertz CT molecular complexity index is 836. The van der Waals surface area contributed by atoms with Crippen LogP contribution in [0.5, 0.6) is 6.01 Å². The minimum absolute atomic E-state index is 0.158. The maximum Gasteiger partial charge on any atom is 0.320 e. The molecule has 142 valence electrons. The van der Waals surface area contributed by atoms with Gasteiger partial charge in [0.2, 0.25) is 5.91 Å². The topological polar surface area (TPSA) is 115 Å². The number of nitrogen functional groups attached to an aromatic ring is 1. The minimum atomic E-state index is -0.158. The highest BCUT2D eigenvalue weighted by Crippen LogP contribution is 2.34. The third-order valence-electron chi connectivity index (χ3n) is 4.61. The van der Waals surface area contributed by atoms with Crippen LogP contribution >= 0.6 is 0 Å². The van der Waals surface area contributed by atoms with E-state index in [4.69, 9.17) is 15.2 Å². The first-order chi connectivity index (χ1) is 13.1. The number of hydrogen-bond acceptors (Lipinski definition) is 8. The standard InChI is InChI=1S/C18H22N6O3/c1-11-2-3-12(6-20-11)7-24-8-14(25)21-15-16(19)22-18(23-17(15)24)27-10-13-4-5-26-9-13/h2-3,6,13H,4-5,7-10H2,1H3,(H,21,25)(H2,19,22,23). The van der Waals surface area contributed by atoms with Crippen molar-refractivity contribution in [1.29, 1.82) is 0 Å². The molecule has 27 heavy (non-hydrogen) atoms. The van der Waals surface area contributed by atoms with Crippen molar-refractivity contribution in [2.24, 2.45) is 5.92 Å². The third-order valence-corrected chi connectivity index (χ3v) is 4.61. The maximum atomic E-state index is 12.1. The van der Waals surface area contributed by atoms with E-state index in [1.807, 2.05) is 24.0 Å². The molecular weight excluding hydrogens is 348 g/mol. The third kappa shape index (κ3) is 3.92. The van der Waals surface area contributed by atoms with E-state index < -0.39 is 0 Å². The molecule has 0 spiro atoms. The minimum Gasteiger partial charge on any atom is -0.463 e. The van der Waals surface area contributed by atoms with Crippen molar-refractivity contribution in [1.82, 2.24) is 15.0 Å². The van der Waals surface area contributed by atoms with Gasteiger partial charge in [0.1, 0.15) is 5.69 Å². The molecule has 1 saturated heterocycles. The van der Waals surface area contributed by atoms with Gasteiger partial charge in [-0.3, -0.25) is 9.78 Å². The van der Waals surface area contributed by atoms with Gasteiger partial charge < -0.3 is 25.4 Å². The number of ether oxygens (including phenoxy) is 2. The van der Waals surface area contributed by atoms with Crippen LogP contribution in [0.1, 0.15) is 17.7 Å². The molecule has 2 aromatic heterocycles. The van der Waals surface area contributed by atoms with Gasteiger partial charge in [0.05, 0.1) is 19.8 Å². The summed E-state index contributed by atoms with van der Waals surface area (Å²) in [5.74, 6) is 0.924. The fourth-order valence-corrected chi connectivity index (χ4v) is 3.14. The molecule has 9 heteroatoms. The van der Waals surface area contributed by atoms with E-state index in [9.17, 15) is 4.79 Å². The quantitative estimate of drug-likeness (QED) is 0.805. The molecule has 4 rings (SSSR count). The van der Waals surface area contributed by atoms with E-state index in [0.717, 1.165) is 24.3 Å². The fraction of sp³-hybridized carbons (Fsp3) is 0.444. The van der Waals surface area contributed by atoms with E-state index in [2.05, 4.69) is 20.3 Å². The van der Waals surface area contributed by atoms with Gasteiger partial charge in [-0.1, -0.05) is 6.07 Å². The molecule has 1 unspecified atom stereocenters. The number of hydrogen-bond donors (Lipinski definition) is 2. The lowest BCUT2D eigenvalue weighted by Crippen LogP contribution is -2.39. The molecule has 9 nitrogen and oxygen atoms in total. The molecule has 3 N–H and O–H groups in total. The zero-order valence-electron chi connectivity index (χ0n) is 15.1. The van der Waals surface area contributed by atoms with Crippen molar-refractivity contribution in [3.63, 3.8) is 0 Å². The zero-order chi connectivity index (χ0) is 18.8. The van der Waals surface area contributed by atoms with Crippen molar-refractivity contribution in [3.8, 4) is 6.01 Å². The Morgan fingerprint density at radius 1 is 1.41 bits per heavy atom. The SMILES string of the molecule is Cc1ccc(CN2CC(=O)Nc3c(N)nc(OCC4CCOC4)nc32)cn1. The van der Waals surface area contributed by atoms with Gasteiger partial charge in [0.25, 0.3) is 0 Å². The van der Waals surface area contributed by atoms with Crippen LogP contribution in [0.15, 0.2) is 18.3 Å². The number of nitrogens with zero attached hydrogens (tertiary/aromatic N) is 4. The Morgan fingerprint density at radius 3 is 3.04 bits per heavy atom. The molecule has 2 aromatic rings. The van der Waals surface area contributed by atoms with Gasteiger partial charge in [0.15, 0.2) is 11.6 Å². The number of rotatable bonds is 5. The van der Waals surface area contributed by atoms with E-state index in [1.165, 1.54) is 0 Å². The summed E-state index contributed by atoms with van der Waals surface area (Å²) in [5, 5.41) is 2.76. The van der Waals surface area contributed by atoms with Crippen molar-refractivity contribution in [2.45, 2.75) is 19.9 Å². The number of carbonyl (C=O) groups is 1. The van der Waals surface area contributed by atoms with Crippen molar-refractivity contribution < 1.29 is 14.3 Å². The van der Waals surface area contributed by atoms with Gasteiger partial charge in [-0.2, -0.15) is 9.97 Å². The second-order valence-corrected chi connectivity index (χ2v) is 6.84. The zero-order valence-corrected chi connectivity index (χ0v) is 15.1. The number of amides is 1. The number of aryl methyl sites for hydroxylation is 1. The predicted octanol–water partition coefficient (Wildman–Crippen LogP) is 1.14. The molecule has 0 radical (unpaired) electrons. The van der Waals surface area contributed by atoms with Crippen LogP contribution < -0.4 is 20.7 Å². The number of nitrogens with one attached hydrogen (secondary N) is 1. The summed E-state index contributed by atoms with van der Waals surface area (Å²) < 4.78 is 11.1. The number of carbonyl (C=O) groups excluding carboxylic acids is 1. The summed E-state index contributed by atoms with van der Waals surface area (Å²) in [7, 11) is 0. The number of fused-ring (bicyclic) bond motifs is 1. The summed E-state index contributed by atoms with van der Waals surface area (Å²) in [6.45, 7) is 4.51. The Balaban J connectivity index is 1.57. The van der Waals surface area contributed by atoms with E-state index in [-0.39, 0.29) is 24.3 Å². The molecule has 0 saturated carbocycles. The number of aromatic nitrogens is 3. The van der Waals surface area contributed by atoms with Gasteiger partial charge >= 0.3 is 6.01 Å². The van der Waals surface area contributed by atoms with Crippen LogP contribution in [0, 0.1) is 12.8 Å². The Labute approximate surface area is 156 Å². The molecule has 0 aliphatic carbocycles. The van der Waals surface area contributed by atoms with Crippen LogP contribution in [0.3, 0.4) is 0 Å². The largest absolute Gasteiger partial charge is 0.463 e. The highest BCUT2D eigenvalue weighted by Gasteiger charge is 2.28. The fourth-order valence-electron chi connectivity index (χ4n) is 3.14. The van der Waals surface area contributed by atoms with Crippen molar-refractivity contribution in [2.75, 3.05) is 42.3 Å². The highest BCUT2D eigenvalue weighted by molar-refractivity contribution is 6.03. The molecule has 2 aliphatic heterocycles. The Hall–Kier alpha value is -2.94. The van der Waals surface area contributed by atoms with E-state index >= 15 is 0 Å². The van der Waals surface area contributed by atoms with E-state index in [0.29, 0.717) is 37.2 Å². The Morgan fingerprint density at radius 2 is 2.30 bits per heavy atom. The summed E-state index contributed by atoms with van der Waals surface area (Å²) in [5.41, 5.74) is 8.39. The molecule has 1 fully saturated rings. The smallest absolute Gasteiger partial charge is 0.320 e. The lowest BCUT2D eigenvalue weighted by Gasteiger charge is -2.30. The summed E-state index contributed by atoms with van der Waals surface area (Å²) >= 11 is 0. The lowest BCUT2D eigenvalue weighted by molar-refractivity contribution is -0.115. The molecule has 1 amide bonds. The van der Waals surface area contributed by atoms with Crippen LogP contribution in [0.25, 0.3) is 0 Å². The van der Waals surface area contributed by atoms with Crippen LogP contribution in [-0.4, -0.2) is 47.2 Å². The predicted molar refractivity (Wildman–Crippen MR) is 99.5 cm³/mol. The van der Waals surface area contributed by atoms with Crippen LogP contribution in [-0.2, 0) is 16.1 Å². The van der Waals surface area contributed by atoms with E-state index in [1.54, 1.807) is 6.20 Å². The highest BCUT2D eigenvalue weighted by atomic mass is 16.5. The number of anilines is 3. The first-order valence-corrected chi connectivity index (χ1v) is 8.93. The average Bonchev–Trinajstić information content (AvgIpc) is 3.16. The lowest BCUT2D eigenvalue weighted by atomic mass is 10.1. The monoisotopic (exact) mass is 370 g/mol. The first-order valence-electron chi connectivity index (χ1n) is 8.93.